The Morgan fingerprint density at radius 3 is 2.43 bits per heavy atom. The van der Waals surface area contributed by atoms with Crippen molar-refractivity contribution in [2.24, 2.45) is 0 Å². The molecule has 0 aliphatic heterocycles. The molecular formula is C24H21FN2O2S. The predicted octanol–water partition coefficient (Wildman–Crippen LogP) is 5.10. The Kier molecular flexibility index (Phi) is 5.86. The quantitative estimate of drug-likeness (QED) is 0.456. The molecule has 1 aliphatic carbocycles. The van der Waals surface area contributed by atoms with Crippen molar-refractivity contribution in [2.45, 2.75) is 18.6 Å². The first-order valence-corrected chi connectivity index (χ1v) is 10.7. The molecule has 4 rings (SSSR count). The number of rotatable bonds is 6. The molecule has 0 heterocycles. The maximum absolute atomic E-state index is 12.9. The number of thioether (sulfide) groups is 1. The summed E-state index contributed by atoms with van der Waals surface area (Å²) >= 11 is 1.25. The van der Waals surface area contributed by atoms with Crippen LogP contribution in [0.5, 0.6) is 0 Å². The van der Waals surface area contributed by atoms with Crippen LogP contribution in [0.3, 0.4) is 0 Å². The first-order chi connectivity index (χ1) is 14.5. The summed E-state index contributed by atoms with van der Waals surface area (Å²) in [4.78, 5) is 24.6. The third-order valence-corrected chi connectivity index (χ3v) is 6.17. The summed E-state index contributed by atoms with van der Waals surface area (Å²) in [6.07, 6.45) is 0.912. The van der Waals surface area contributed by atoms with Crippen molar-refractivity contribution in [2.75, 3.05) is 16.4 Å². The molecule has 4 nitrogen and oxygen atoms in total. The van der Waals surface area contributed by atoms with Gasteiger partial charge in [-0.25, -0.2) is 4.39 Å². The second-order valence-electron chi connectivity index (χ2n) is 7.20. The van der Waals surface area contributed by atoms with Crippen molar-refractivity contribution >= 4 is 35.0 Å². The van der Waals surface area contributed by atoms with Crippen molar-refractivity contribution in [1.29, 1.82) is 0 Å². The summed E-state index contributed by atoms with van der Waals surface area (Å²) in [6, 6.07) is 19.8. The molecule has 1 aliphatic rings. The Hall–Kier alpha value is -3.12. The molecule has 2 N–H and O–H groups in total. The Morgan fingerprint density at radius 2 is 1.63 bits per heavy atom. The number of anilines is 2. The van der Waals surface area contributed by atoms with E-state index in [2.05, 4.69) is 28.8 Å². The molecule has 6 heteroatoms. The SMILES string of the molecule is C[C@@H](SCC(=O)Nc1ccc(F)cc1)C(=O)Nc1ccc2c(c1)-c1ccccc1C2. The average molecular weight is 421 g/mol. The van der Waals surface area contributed by atoms with Crippen LogP contribution < -0.4 is 10.6 Å². The van der Waals surface area contributed by atoms with E-state index < -0.39 is 5.25 Å². The minimum atomic E-state index is -0.399. The molecule has 0 radical (unpaired) electrons. The standard InChI is InChI=1S/C24H21FN2O2S/c1-15(30-14-23(28)26-19-10-7-18(25)8-11-19)24(29)27-20-9-6-17-12-16-4-2-3-5-21(16)22(17)13-20/h2-11,13,15H,12,14H2,1H3,(H,26,28)(H,27,29)/t15-/m1/s1. The lowest BCUT2D eigenvalue weighted by Crippen LogP contribution is -2.25. The molecule has 3 aromatic rings. The summed E-state index contributed by atoms with van der Waals surface area (Å²) in [5.41, 5.74) is 6.20. The number of hydrogen-bond acceptors (Lipinski definition) is 3. The van der Waals surface area contributed by atoms with E-state index in [1.54, 1.807) is 6.92 Å². The molecule has 0 fully saturated rings. The van der Waals surface area contributed by atoms with E-state index in [4.69, 9.17) is 0 Å². The molecule has 30 heavy (non-hydrogen) atoms. The second-order valence-corrected chi connectivity index (χ2v) is 8.53. The molecule has 0 saturated carbocycles. The van der Waals surface area contributed by atoms with Crippen LogP contribution >= 0.6 is 11.8 Å². The third kappa shape index (κ3) is 4.54. The Balaban J connectivity index is 1.32. The van der Waals surface area contributed by atoms with Crippen molar-refractivity contribution in [3.8, 4) is 11.1 Å². The van der Waals surface area contributed by atoms with Gasteiger partial charge in [-0.05, 0) is 72.0 Å². The van der Waals surface area contributed by atoms with Gasteiger partial charge in [-0.1, -0.05) is 30.3 Å². The van der Waals surface area contributed by atoms with Gasteiger partial charge in [-0.3, -0.25) is 9.59 Å². The number of benzene rings is 3. The number of fused-ring (bicyclic) bond motifs is 3. The van der Waals surface area contributed by atoms with Crippen LogP contribution in [0.2, 0.25) is 0 Å². The molecule has 0 bridgehead atoms. The molecule has 0 spiro atoms. The fraction of sp³-hybridized carbons (Fsp3) is 0.167. The van der Waals surface area contributed by atoms with Crippen LogP contribution in [0.1, 0.15) is 18.1 Å². The highest BCUT2D eigenvalue weighted by Crippen LogP contribution is 2.37. The van der Waals surface area contributed by atoms with Crippen molar-refractivity contribution in [1.82, 2.24) is 0 Å². The van der Waals surface area contributed by atoms with E-state index in [-0.39, 0.29) is 23.4 Å². The van der Waals surface area contributed by atoms with Crippen LogP contribution in [0.25, 0.3) is 11.1 Å². The monoisotopic (exact) mass is 420 g/mol. The van der Waals surface area contributed by atoms with Gasteiger partial charge in [0, 0.05) is 11.4 Å². The van der Waals surface area contributed by atoms with E-state index in [9.17, 15) is 14.0 Å². The summed E-state index contributed by atoms with van der Waals surface area (Å²) in [5, 5.41) is 5.24. The summed E-state index contributed by atoms with van der Waals surface area (Å²) in [6.45, 7) is 1.77. The molecule has 2 amide bonds. The largest absolute Gasteiger partial charge is 0.325 e. The van der Waals surface area contributed by atoms with Gasteiger partial charge in [-0.2, -0.15) is 0 Å². The maximum atomic E-state index is 12.9. The number of amides is 2. The lowest BCUT2D eigenvalue weighted by molar-refractivity contribution is -0.115. The second kappa shape index (κ2) is 8.71. The minimum absolute atomic E-state index is 0.128. The van der Waals surface area contributed by atoms with E-state index >= 15 is 0 Å². The van der Waals surface area contributed by atoms with Gasteiger partial charge in [0.1, 0.15) is 5.82 Å². The van der Waals surface area contributed by atoms with Crippen LogP contribution in [-0.4, -0.2) is 22.8 Å². The summed E-state index contributed by atoms with van der Waals surface area (Å²) in [5.74, 6) is -0.618. The highest BCUT2D eigenvalue weighted by Gasteiger charge is 2.20. The zero-order chi connectivity index (χ0) is 21.1. The van der Waals surface area contributed by atoms with E-state index in [1.165, 1.54) is 52.7 Å². The Labute approximate surface area is 178 Å². The van der Waals surface area contributed by atoms with Crippen molar-refractivity contribution in [3.05, 3.63) is 83.7 Å². The highest BCUT2D eigenvalue weighted by molar-refractivity contribution is 8.01. The normalized spacial score (nSPS) is 12.6. The van der Waals surface area contributed by atoms with Crippen LogP contribution in [0.4, 0.5) is 15.8 Å². The molecular weight excluding hydrogens is 399 g/mol. The molecule has 1 atom stereocenters. The number of hydrogen-bond donors (Lipinski definition) is 2. The van der Waals surface area contributed by atoms with Crippen LogP contribution in [-0.2, 0) is 16.0 Å². The molecule has 0 unspecified atom stereocenters. The summed E-state index contributed by atoms with van der Waals surface area (Å²) < 4.78 is 12.9. The van der Waals surface area contributed by atoms with E-state index in [0.29, 0.717) is 5.69 Å². The fourth-order valence-corrected chi connectivity index (χ4v) is 4.14. The minimum Gasteiger partial charge on any atom is -0.325 e. The van der Waals surface area contributed by atoms with E-state index in [1.807, 2.05) is 24.3 Å². The Bertz CT molecular complexity index is 1100. The average Bonchev–Trinajstić information content (AvgIpc) is 3.11. The van der Waals surface area contributed by atoms with E-state index in [0.717, 1.165) is 17.7 Å². The Morgan fingerprint density at radius 1 is 0.933 bits per heavy atom. The van der Waals surface area contributed by atoms with Gasteiger partial charge in [-0.15, -0.1) is 11.8 Å². The zero-order valence-corrected chi connectivity index (χ0v) is 17.3. The van der Waals surface area contributed by atoms with Gasteiger partial charge in [0.05, 0.1) is 11.0 Å². The lowest BCUT2D eigenvalue weighted by Gasteiger charge is -2.13. The van der Waals surface area contributed by atoms with Gasteiger partial charge in [0.15, 0.2) is 0 Å². The third-order valence-electron chi connectivity index (χ3n) is 5.03. The topological polar surface area (TPSA) is 58.2 Å². The van der Waals surface area contributed by atoms with Crippen molar-refractivity contribution < 1.29 is 14.0 Å². The number of carbonyl (C=O) groups is 2. The summed E-state index contributed by atoms with van der Waals surface area (Å²) in [7, 11) is 0. The predicted molar refractivity (Wildman–Crippen MR) is 120 cm³/mol. The van der Waals surface area contributed by atoms with Gasteiger partial charge in [0.2, 0.25) is 11.8 Å². The van der Waals surface area contributed by atoms with Gasteiger partial charge >= 0.3 is 0 Å². The molecule has 152 valence electrons. The highest BCUT2D eigenvalue weighted by atomic mass is 32.2. The van der Waals surface area contributed by atoms with Gasteiger partial charge in [0.25, 0.3) is 0 Å². The van der Waals surface area contributed by atoms with Crippen LogP contribution in [0.15, 0.2) is 66.7 Å². The molecule has 3 aromatic carbocycles. The van der Waals surface area contributed by atoms with Gasteiger partial charge < -0.3 is 10.6 Å². The first-order valence-electron chi connectivity index (χ1n) is 9.69. The fourth-order valence-electron chi connectivity index (χ4n) is 3.45. The van der Waals surface area contributed by atoms with Crippen molar-refractivity contribution in [3.63, 3.8) is 0 Å². The zero-order valence-electron chi connectivity index (χ0n) is 16.4. The number of nitrogens with one attached hydrogen (secondary N) is 2. The lowest BCUT2D eigenvalue weighted by atomic mass is 10.1. The number of carbonyl (C=O) groups excluding carboxylic acids is 2. The maximum Gasteiger partial charge on any atom is 0.237 e. The molecule has 0 aromatic heterocycles. The van der Waals surface area contributed by atoms with Crippen LogP contribution in [0, 0.1) is 5.82 Å². The first kappa shape index (κ1) is 20.2. The number of halogens is 1. The smallest absolute Gasteiger partial charge is 0.237 e. The molecule has 0 saturated heterocycles.